The van der Waals surface area contributed by atoms with E-state index in [1.165, 1.54) is 16.9 Å². The van der Waals surface area contributed by atoms with Gasteiger partial charge in [-0.25, -0.2) is 14.8 Å². The van der Waals surface area contributed by atoms with Gasteiger partial charge in [-0.15, -0.1) is 11.3 Å². The van der Waals surface area contributed by atoms with Crippen molar-refractivity contribution in [1.29, 1.82) is 0 Å². The Bertz CT molecular complexity index is 1300. The zero-order valence-electron chi connectivity index (χ0n) is 23.7. The molecule has 0 bridgehead atoms. The topological polar surface area (TPSA) is 95.4 Å². The van der Waals surface area contributed by atoms with Crippen LogP contribution in [-0.4, -0.2) is 53.8 Å². The Morgan fingerprint density at radius 3 is 2.67 bits per heavy atom. The quantitative estimate of drug-likeness (QED) is 0.474. The summed E-state index contributed by atoms with van der Waals surface area (Å²) < 4.78 is 5.36. The molecule has 39 heavy (non-hydrogen) atoms. The van der Waals surface area contributed by atoms with E-state index in [2.05, 4.69) is 48.5 Å². The minimum Gasteiger partial charge on any atom is -0.444 e. The van der Waals surface area contributed by atoms with E-state index in [-0.39, 0.29) is 17.4 Å². The Hall–Kier alpha value is -3.46. The highest BCUT2D eigenvalue weighted by molar-refractivity contribution is 7.15. The number of likely N-dealkylation sites (tertiary alicyclic amines) is 1. The molecule has 0 saturated carbocycles. The van der Waals surface area contributed by atoms with Gasteiger partial charge in [-0.3, -0.25) is 4.79 Å². The van der Waals surface area contributed by atoms with Crippen molar-refractivity contribution in [3.63, 3.8) is 0 Å². The number of thiophene rings is 1. The Labute approximate surface area is 235 Å². The van der Waals surface area contributed by atoms with E-state index in [1.807, 2.05) is 57.3 Å². The summed E-state index contributed by atoms with van der Waals surface area (Å²) in [5.41, 5.74) is 2.64. The molecule has 0 radical (unpaired) electrons. The first-order valence-corrected chi connectivity index (χ1v) is 14.2. The lowest BCUT2D eigenvalue weighted by Gasteiger charge is -2.22. The van der Waals surface area contributed by atoms with Gasteiger partial charge in [0.1, 0.15) is 5.60 Å². The molecule has 1 aromatic carbocycles. The zero-order chi connectivity index (χ0) is 28.2. The van der Waals surface area contributed by atoms with Crippen LogP contribution in [0.25, 0.3) is 6.08 Å². The first-order valence-electron chi connectivity index (χ1n) is 13.4. The number of hydrogen-bond acceptors (Lipinski definition) is 7. The molecular weight excluding hydrogens is 510 g/mol. The number of rotatable bonds is 3. The number of anilines is 1. The molecule has 1 saturated heterocycles. The van der Waals surface area contributed by atoms with Crippen molar-refractivity contribution >= 4 is 47.3 Å². The number of fused-ring (bicyclic) bond motifs is 1. The monoisotopic (exact) mass is 549 g/mol. The molecule has 2 aliphatic rings. The summed E-state index contributed by atoms with van der Waals surface area (Å²) in [5.74, 6) is 0.513. The van der Waals surface area contributed by atoms with E-state index in [0.717, 1.165) is 16.1 Å². The fraction of sp³-hybridized carbons (Fsp3) is 0.467. The molecule has 3 heterocycles. The molecule has 208 valence electrons. The van der Waals surface area contributed by atoms with Crippen LogP contribution >= 0.6 is 11.3 Å². The molecule has 2 N–H and O–H groups in total. The predicted octanol–water partition coefficient (Wildman–Crippen LogP) is 6.24. The molecule has 1 atom stereocenters. The van der Waals surface area contributed by atoms with Gasteiger partial charge in [0.05, 0.1) is 17.5 Å². The predicted molar refractivity (Wildman–Crippen MR) is 160 cm³/mol. The van der Waals surface area contributed by atoms with Gasteiger partial charge in [0.25, 0.3) is 5.91 Å². The Morgan fingerprint density at radius 1 is 1.13 bits per heavy atom. The molecule has 8 nitrogen and oxygen atoms in total. The first-order chi connectivity index (χ1) is 18.4. The van der Waals surface area contributed by atoms with Crippen LogP contribution < -0.4 is 10.6 Å². The van der Waals surface area contributed by atoms with E-state index in [0.29, 0.717) is 43.3 Å². The molecule has 1 fully saturated rings. The third kappa shape index (κ3) is 8.02. The number of carbonyl (C=O) groups is 2. The average molecular weight is 550 g/mol. The van der Waals surface area contributed by atoms with Crippen LogP contribution in [0.15, 0.2) is 46.4 Å². The van der Waals surface area contributed by atoms with Crippen molar-refractivity contribution in [3.8, 4) is 0 Å². The maximum Gasteiger partial charge on any atom is 0.407 e. The molecule has 4 rings (SSSR count). The largest absolute Gasteiger partial charge is 0.444 e. The van der Waals surface area contributed by atoms with Gasteiger partial charge < -0.3 is 20.3 Å². The van der Waals surface area contributed by atoms with E-state index in [4.69, 9.17) is 9.73 Å². The van der Waals surface area contributed by atoms with E-state index in [9.17, 15) is 9.59 Å². The van der Waals surface area contributed by atoms with Crippen molar-refractivity contribution in [2.45, 2.75) is 78.0 Å². The first kappa shape index (κ1) is 28.5. The summed E-state index contributed by atoms with van der Waals surface area (Å²) in [7, 11) is 0. The minimum absolute atomic E-state index is 0.0261. The van der Waals surface area contributed by atoms with Crippen molar-refractivity contribution < 1.29 is 14.3 Å². The molecule has 9 heteroatoms. The van der Waals surface area contributed by atoms with Gasteiger partial charge in [0.2, 0.25) is 5.96 Å². The number of nitrogens with zero attached hydrogens (tertiary/aromatic N) is 3. The number of alkyl carbamates (subject to hydrolysis) is 1. The van der Waals surface area contributed by atoms with Crippen LogP contribution in [0.5, 0.6) is 0 Å². The lowest BCUT2D eigenvalue weighted by Crippen LogP contribution is -2.41. The highest BCUT2D eigenvalue weighted by atomic mass is 32.1. The number of benzene rings is 1. The van der Waals surface area contributed by atoms with Gasteiger partial charge in [0, 0.05) is 36.3 Å². The van der Waals surface area contributed by atoms with Crippen LogP contribution in [0.1, 0.15) is 80.1 Å². The second kappa shape index (κ2) is 11.7. The maximum absolute atomic E-state index is 13.3. The van der Waals surface area contributed by atoms with Gasteiger partial charge in [-0.1, -0.05) is 39.0 Å². The molecule has 2 amide bonds. The zero-order valence-corrected chi connectivity index (χ0v) is 24.5. The van der Waals surface area contributed by atoms with Crippen LogP contribution in [0.3, 0.4) is 0 Å². The van der Waals surface area contributed by atoms with E-state index < -0.39 is 11.7 Å². The Morgan fingerprint density at radius 2 is 1.92 bits per heavy atom. The number of ether oxygens (including phenoxy) is 1. The average Bonchev–Trinajstić information content (AvgIpc) is 3.47. The van der Waals surface area contributed by atoms with Crippen molar-refractivity contribution in [3.05, 3.63) is 57.3 Å². The number of hydrogen-bond donors (Lipinski definition) is 2. The lowest BCUT2D eigenvalue weighted by atomic mass is 9.87. The van der Waals surface area contributed by atoms with Crippen LogP contribution in [0.4, 0.5) is 10.5 Å². The SMILES string of the molecule is CC(C)(C)OC(=O)NC1CCN(C(=O)c2cc3c(s2)/C=C\CC=NC(Nc2cccc(C(C)(C)C)c2)=NC3)C1. The van der Waals surface area contributed by atoms with Crippen molar-refractivity contribution in [1.82, 2.24) is 10.2 Å². The van der Waals surface area contributed by atoms with Gasteiger partial charge in [-0.2, -0.15) is 0 Å². The summed E-state index contributed by atoms with van der Waals surface area (Å²) >= 11 is 1.48. The fourth-order valence-electron chi connectivity index (χ4n) is 4.35. The minimum atomic E-state index is -0.559. The van der Waals surface area contributed by atoms with Gasteiger partial charge >= 0.3 is 6.09 Å². The van der Waals surface area contributed by atoms with E-state index in [1.54, 1.807) is 4.90 Å². The van der Waals surface area contributed by atoms with E-state index >= 15 is 0 Å². The molecule has 0 aliphatic carbocycles. The van der Waals surface area contributed by atoms with Crippen LogP contribution in [-0.2, 0) is 16.7 Å². The molecular formula is C30H39N5O3S. The smallest absolute Gasteiger partial charge is 0.407 e. The number of guanidine groups is 1. The molecule has 1 aromatic heterocycles. The van der Waals surface area contributed by atoms with Crippen LogP contribution in [0.2, 0.25) is 0 Å². The van der Waals surface area contributed by atoms with Crippen molar-refractivity contribution in [2.24, 2.45) is 9.98 Å². The Balaban J connectivity index is 1.45. The lowest BCUT2D eigenvalue weighted by molar-refractivity contribution is 0.0502. The van der Waals surface area contributed by atoms with Gasteiger partial charge in [0.15, 0.2) is 0 Å². The number of allylic oxidation sites excluding steroid dienone is 1. The van der Waals surface area contributed by atoms with Crippen LogP contribution in [0, 0.1) is 0 Å². The Kier molecular flexibility index (Phi) is 8.59. The molecule has 2 aliphatic heterocycles. The molecule has 0 spiro atoms. The second-order valence-electron chi connectivity index (χ2n) is 11.9. The standard InChI is InChI=1S/C30H39N5O3S/c1-29(2,3)21-10-9-11-22(17-21)33-27-31-14-8-7-12-24-20(18-32-27)16-25(39-24)26(36)35-15-13-23(19-35)34-28(37)38-30(4,5)6/h7,9-12,14,16-17,23H,8,13,15,18-19H2,1-6H3,(H,32,33)(H,34,37)/b12-7-,31-14?. The van der Waals surface area contributed by atoms with Crippen molar-refractivity contribution in [2.75, 3.05) is 18.4 Å². The number of amides is 2. The summed E-state index contributed by atoms with van der Waals surface area (Å²) in [6.45, 7) is 13.5. The normalized spacial score (nSPS) is 18.7. The second-order valence-corrected chi connectivity index (χ2v) is 13.0. The molecule has 2 aromatic rings. The third-order valence-electron chi connectivity index (χ3n) is 6.36. The number of carbonyl (C=O) groups excluding carboxylic acids is 2. The highest BCUT2D eigenvalue weighted by Gasteiger charge is 2.30. The summed E-state index contributed by atoms with van der Waals surface area (Å²) in [6, 6.07) is 10.1. The molecule has 1 unspecified atom stereocenters. The summed E-state index contributed by atoms with van der Waals surface area (Å²) in [6.07, 6.45) is 6.83. The number of nitrogens with one attached hydrogen (secondary N) is 2. The maximum atomic E-state index is 13.3. The summed E-state index contributed by atoms with van der Waals surface area (Å²) in [5, 5.41) is 6.25. The third-order valence-corrected chi connectivity index (χ3v) is 7.49. The van der Waals surface area contributed by atoms with Gasteiger partial charge in [-0.05, 0) is 68.0 Å². The summed E-state index contributed by atoms with van der Waals surface area (Å²) in [4.78, 5) is 38.3. The number of aliphatic imine (C=N–C) groups is 2. The fourth-order valence-corrected chi connectivity index (χ4v) is 5.42. The highest BCUT2D eigenvalue weighted by Crippen LogP contribution is 2.28.